The zero-order valence-corrected chi connectivity index (χ0v) is 15.2. The summed E-state index contributed by atoms with van der Waals surface area (Å²) in [5.74, 6) is 0.259. The Morgan fingerprint density at radius 2 is 1.88 bits per heavy atom. The summed E-state index contributed by atoms with van der Waals surface area (Å²) in [5.41, 5.74) is 0.0212. The van der Waals surface area contributed by atoms with Crippen molar-refractivity contribution in [3.8, 4) is 0 Å². The maximum atomic E-state index is 12.6. The molecule has 0 fully saturated rings. The molecule has 0 atom stereocenters. The summed E-state index contributed by atoms with van der Waals surface area (Å²) in [7, 11) is 3.30. The van der Waals surface area contributed by atoms with E-state index in [1.807, 2.05) is 6.92 Å². The molecule has 1 aromatic rings. The second kappa shape index (κ2) is 10.6. The minimum absolute atomic E-state index is 0.0522. The van der Waals surface area contributed by atoms with Crippen molar-refractivity contribution in [1.29, 1.82) is 0 Å². The number of benzene rings is 1. The van der Waals surface area contributed by atoms with Gasteiger partial charge in [-0.3, -0.25) is 4.79 Å². The van der Waals surface area contributed by atoms with Crippen molar-refractivity contribution in [2.45, 2.75) is 19.6 Å². The molecular formula is C17H25F3N4O2. The number of methoxy groups -OCH3 is 1. The van der Waals surface area contributed by atoms with Crippen molar-refractivity contribution in [3.05, 3.63) is 35.4 Å². The van der Waals surface area contributed by atoms with Crippen LogP contribution in [0.25, 0.3) is 0 Å². The first-order valence-electron chi connectivity index (χ1n) is 8.19. The smallest absolute Gasteiger partial charge is 0.383 e. The normalized spacial score (nSPS) is 12.0. The molecule has 2 N–H and O–H groups in total. The van der Waals surface area contributed by atoms with E-state index in [-0.39, 0.29) is 12.5 Å². The molecule has 1 amide bonds. The number of rotatable bonds is 8. The van der Waals surface area contributed by atoms with Gasteiger partial charge in [-0.15, -0.1) is 0 Å². The largest absolute Gasteiger partial charge is 0.416 e. The van der Waals surface area contributed by atoms with Gasteiger partial charge in [-0.1, -0.05) is 12.1 Å². The van der Waals surface area contributed by atoms with Crippen molar-refractivity contribution < 1.29 is 22.7 Å². The van der Waals surface area contributed by atoms with Crippen molar-refractivity contribution >= 4 is 11.9 Å². The number of ether oxygens (including phenoxy) is 1. The number of aliphatic imine (C=N–C) groups is 1. The van der Waals surface area contributed by atoms with E-state index in [9.17, 15) is 18.0 Å². The van der Waals surface area contributed by atoms with Crippen LogP contribution in [0.4, 0.5) is 13.2 Å². The van der Waals surface area contributed by atoms with Crippen LogP contribution in [0, 0.1) is 0 Å². The molecule has 0 aromatic heterocycles. The molecule has 0 aliphatic carbocycles. The van der Waals surface area contributed by atoms with Crippen molar-refractivity contribution in [2.75, 3.05) is 40.4 Å². The van der Waals surface area contributed by atoms with Gasteiger partial charge in [-0.25, -0.2) is 4.99 Å². The first-order valence-corrected chi connectivity index (χ1v) is 8.19. The highest BCUT2D eigenvalue weighted by Gasteiger charge is 2.29. The van der Waals surface area contributed by atoms with Gasteiger partial charge in [0.15, 0.2) is 5.96 Å². The minimum Gasteiger partial charge on any atom is -0.383 e. The van der Waals surface area contributed by atoms with E-state index in [0.717, 1.165) is 12.1 Å². The Balaban J connectivity index is 2.68. The summed E-state index contributed by atoms with van der Waals surface area (Å²) < 4.78 is 42.7. The number of hydrogen-bond acceptors (Lipinski definition) is 3. The molecule has 0 aliphatic rings. The first kappa shape index (κ1) is 21.8. The molecule has 0 spiro atoms. The lowest BCUT2D eigenvalue weighted by atomic mass is 10.1. The second-order valence-electron chi connectivity index (χ2n) is 5.56. The number of halogens is 3. The van der Waals surface area contributed by atoms with Crippen LogP contribution in [-0.2, 0) is 22.3 Å². The van der Waals surface area contributed by atoms with Crippen molar-refractivity contribution in [3.63, 3.8) is 0 Å². The SMILES string of the molecule is CCNC(=NCC(=O)NCCOC)N(C)Cc1ccc(C(F)(F)F)cc1. The van der Waals surface area contributed by atoms with Gasteiger partial charge in [0, 0.05) is 33.8 Å². The number of nitrogens with one attached hydrogen (secondary N) is 2. The van der Waals surface area contributed by atoms with E-state index >= 15 is 0 Å². The van der Waals surface area contributed by atoms with Crippen LogP contribution in [-0.4, -0.2) is 57.2 Å². The third-order valence-electron chi connectivity index (χ3n) is 3.40. The highest BCUT2D eigenvalue weighted by Crippen LogP contribution is 2.29. The molecule has 9 heteroatoms. The summed E-state index contributed by atoms with van der Waals surface area (Å²) in [5, 5.41) is 5.72. The molecular weight excluding hydrogens is 349 g/mol. The first-order chi connectivity index (χ1) is 12.3. The Hall–Kier alpha value is -2.29. The lowest BCUT2D eigenvalue weighted by molar-refractivity contribution is -0.137. The van der Waals surface area contributed by atoms with E-state index in [0.29, 0.717) is 37.8 Å². The Kier molecular flexibility index (Phi) is 8.91. The number of carbonyl (C=O) groups excluding carboxylic acids is 1. The van der Waals surface area contributed by atoms with E-state index in [1.54, 1.807) is 19.1 Å². The van der Waals surface area contributed by atoms with Crippen LogP contribution in [0.5, 0.6) is 0 Å². The molecule has 0 saturated carbocycles. The fourth-order valence-electron chi connectivity index (χ4n) is 2.11. The van der Waals surface area contributed by atoms with E-state index in [1.165, 1.54) is 12.1 Å². The summed E-state index contributed by atoms with van der Waals surface area (Å²) in [6.07, 6.45) is -4.35. The highest BCUT2D eigenvalue weighted by atomic mass is 19.4. The fraction of sp³-hybridized carbons (Fsp3) is 0.529. The van der Waals surface area contributed by atoms with E-state index in [2.05, 4.69) is 15.6 Å². The third-order valence-corrected chi connectivity index (χ3v) is 3.40. The Morgan fingerprint density at radius 3 is 2.42 bits per heavy atom. The monoisotopic (exact) mass is 374 g/mol. The van der Waals surface area contributed by atoms with Crippen molar-refractivity contribution in [2.24, 2.45) is 4.99 Å². The molecule has 1 aromatic carbocycles. The summed E-state index contributed by atoms with van der Waals surface area (Å²) in [6, 6.07) is 4.97. The quantitative estimate of drug-likeness (QED) is 0.414. The Labute approximate surface area is 151 Å². The average molecular weight is 374 g/mol. The maximum absolute atomic E-state index is 12.6. The predicted octanol–water partition coefficient (Wildman–Crippen LogP) is 1.87. The summed E-state index contributed by atoms with van der Waals surface area (Å²) >= 11 is 0. The van der Waals surface area contributed by atoms with E-state index in [4.69, 9.17) is 4.74 Å². The zero-order valence-electron chi connectivity index (χ0n) is 15.2. The fourth-order valence-corrected chi connectivity index (χ4v) is 2.11. The molecule has 6 nitrogen and oxygen atoms in total. The number of nitrogens with zero attached hydrogens (tertiary/aromatic N) is 2. The van der Waals surface area contributed by atoms with Gasteiger partial charge in [0.2, 0.25) is 5.91 Å². The Bertz CT molecular complexity index is 589. The van der Waals surface area contributed by atoms with Crippen LogP contribution in [0.15, 0.2) is 29.3 Å². The third kappa shape index (κ3) is 7.73. The molecule has 26 heavy (non-hydrogen) atoms. The van der Waals surface area contributed by atoms with Crippen LogP contribution in [0.3, 0.4) is 0 Å². The number of alkyl halides is 3. The molecule has 146 valence electrons. The van der Waals surface area contributed by atoms with E-state index < -0.39 is 11.7 Å². The second-order valence-corrected chi connectivity index (χ2v) is 5.56. The van der Waals surface area contributed by atoms with Gasteiger partial charge >= 0.3 is 6.18 Å². The van der Waals surface area contributed by atoms with Gasteiger partial charge in [0.1, 0.15) is 6.54 Å². The minimum atomic E-state index is -4.35. The lowest BCUT2D eigenvalue weighted by Crippen LogP contribution is -2.39. The van der Waals surface area contributed by atoms with Crippen molar-refractivity contribution in [1.82, 2.24) is 15.5 Å². The molecule has 0 unspecified atom stereocenters. The van der Waals surface area contributed by atoms with Gasteiger partial charge in [-0.2, -0.15) is 13.2 Å². The van der Waals surface area contributed by atoms with Gasteiger partial charge in [0.25, 0.3) is 0 Å². The Morgan fingerprint density at radius 1 is 1.23 bits per heavy atom. The van der Waals surface area contributed by atoms with Crippen LogP contribution < -0.4 is 10.6 Å². The lowest BCUT2D eigenvalue weighted by Gasteiger charge is -2.22. The van der Waals surface area contributed by atoms with Gasteiger partial charge in [0.05, 0.1) is 12.2 Å². The molecule has 0 saturated heterocycles. The molecule has 0 bridgehead atoms. The maximum Gasteiger partial charge on any atom is 0.416 e. The highest BCUT2D eigenvalue weighted by molar-refractivity contribution is 5.84. The predicted molar refractivity (Wildman–Crippen MR) is 93.8 cm³/mol. The van der Waals surface area contributed by atoms with Crippen LogP contribution in [0.1, 0.15) is 18.1 Å². The number of guanidine groups is 1. The zero-order chi connectivity index (χ0) is 19.6. The molecule has 0 heterocycles. The molecule has 0 aliphatic heterocycles. The summed E-state index contributed by atoms with van der Waals surface area (Å²) in [6.45, 7) is 3.62. The van der Waals surface area contributed by atoms with Gasteiger partial charge in [-0.05, 0) is 24.6 Å². The molecule has 0 radical (unpaired) electrons. The molecule has 1 rings (SSSR count). The number of hydrogen-bond donors (Lipinski definition) is 2. The standard InChI is InChI=1S/C17H25F3N4O2/c1-4-21-16(23-11-15(25)22-9-10-26-3)24(2)12-13-5-7-14(8-6-13)17(18,19)20/h5-8H,4,9-12H2,1-3H3,(H,21,23)(H,22,25). The average Bonchev–Trinajstić information content (AvgIpc) is 2.58. The van der Waals surface area contributed by atoms with Gasteiger partial charge < -0.3 is 20.3 Å². The number of amides is 1. The number of carbonyl (C=O) groups is 1. The van der Waals surface area contributed by atoms with Crippen LogP contribution >= 0.6 is 0 Å². The summed E-state index contributed by atoms with van der Waals surface area (Å²) in [4.78, 5) is 17.7. The topological polar surface area (TPSA) is 66.0 Å². The van der Waals surface area contributed by atoms with Crippen LogP contribution in [0.2, 0.25) is 0 Å².